The van der Waals surface area contributed by atoms with E-state index in [1.54, 1.807) is 27.4 Å². The van der Waals surface area contributed by atoms with Gasteiger partial charge < -0.3 is 19.5 Å². The van der Waals surface area contributed by atoms with E-state index >= 15 is 0 Å². The van der Waals surface area contributed by atoms with Gasteiger partial charge in [0.05, 0.1) is 37.1 Å². The van der Waals surface area contributed by atoms with Gasteiger partial charge in [-0.3, -0.25) is 0 Å². The van der Waals surface area contributed by atoms with E-state index in [4.69, 9.17) is 25.8 Å². The van der Waals surface area contributed by atoms with Crippen molar-refractivity contribution in [2.45, 2.75) is 37.8 Å². The third-order valence-electron chi connectivity index (χ3n) is 3.82. The van der Waals surface area contributed by atoms with Gasteiger partial charge in [-0.1, -0.05) is 24.4 Å². The fraction of sp³-hybridized carbons (Fsp3) is 0.600. The Morgan fingerprint density at radius 2 is 1.70 bits per heavy atom. The maximum atomic E-state index is 6.31. The highest BCUT2D eigenvalue weighted by Crippen LogP contribution is 2.37. The predicted octanol–water partition coefficient (Wildman–Crippen LogP) is 3.73. The van der Waals surface area contributed by atoms with Gasteiger partial charge in [0.2, 0.25) is 0 Å². The van der Waals surface area contributed by atoms with Gasteiger partial charge in [-0.15, -0.1) is 0 Å². The van der Waals surface area contributed by atoms with Gasteiger partial charge in [-0.25, -0.2) is 0 Å². The lowest BCUT2D eigenvalue weighted by atomic mass is 9.92. The van der Waals surface area contributed by atoms with Crippen molar-refractivity contribution < 1.29 is 14.2 Å². The van der Waals surface area contributed by atoms with Crippen molar-refractivity contribution in [3.63, 3.8) is 0 Å². The van der Waals surface area contributed by atoms with Crippen molar-refractivity contribution in [1.29, 1.82) is 0 Å². The normalized spacial score (nSPS) is 22.4. The summed E-state index contributed by atoms with van der Waals surface area (Å²) in [5.41, 5.74) is 0.860. The van der Waals surface area contributed by atoms with Gasteiger partial charge >= 0.3 is 0 Å². The summed E-state index contributed by atoms with van der Waals surface area (Å²) in [5, 5.41) is 4.11. The standard InChI is InChI=1S/C15H22ClNO3/c1-18-13-7-5-4-6-11(13)17-12-9-15(20-3)14(19-2)8-10(12)16/h8-9,11,13,17H,4-7H2,1-3H3. The fourth-order valence-electron chi connectivity index (χ4n) is 2.71. The summed E-state index contributed by atoms with van der Waals surface area (Å²) in [6, 6.07) is 3.93. The molecule has 1 aliphatic carbocycles. The molecular weight excluding hydrogens is 278 g/mol. The van der Waals surface area contributed by atoms with Gasteiger partial charge in [0.1, 0.15) is 0 Å². The van der Waals surface area contributed by atoms with Crippen LogP contribution in [0.4, 0.5) is 5.69 Å². The van der Waals surface area contributed by atoms with Crippen LogP contribution in [0.2, 0.25) is 5.02 Å². The molecular formula is C15H22ClNO3. The highest BCUT2D eigenvalue weighted by atomic mass is 35.5. The Balaban J connectivity index is 2.19. The minimum Gasteiger partial charge on any atom is -0.493 e. The average molecular weight is 300 g/mol. The van der Waals surface area contributed by atoms with Crippen molar-refractivity contribution in [1.82, 2.24) is 0 Å². The average Bonchev–Trinajstić information content (AvgIpc) is 2.49. The van der Waals surface area contributed by atoms with Crippen molar-refractivity contribution in [3.05, 3.63) is 17.2 Å². The molecule has 2 unspecified atom stereocenters. The highest BCUT2D eigenvalue weighted by molar-refractivity contribution is 6.33. The maximum Gasteiger partial charge on any atom is 0.162 e. The first kappa shape index (κ1) is 15.3. The van der Waals surface area contributed by atoms with Crippen LogP contribution in [0.15, 0.2) is 12.1 Å². The Morgan fingerprint density at radius 1 is 1.05 bits per heavy atom. The summed E-state index contributed by atoms with van der Waals surface area (Å²) in [6.45, 7) is 0. The van der Waals surface area contributed by atoms with Crippen LogP contribution in [0.25, 0.3) is 0 Å². The second-order valence-corrected chi connectivity index (χ2v) is 5.40. The van der Waals surface area contributed by atoms with Crippen LogP contribution < -0.4 is 14.8 Å². The van der Waals surface area contributed by atoms with E-state index in [1.807, 2.05) is 6.07 Å². The van der Waals surface area contributed by atoms with Crippen LogP contribution >= 0.6 is 11.6 Å². The second kappa shape index (κ2) is 7.04. The van der Waals surface area contributed by atoms with Gasteiger partial charge in [-0.05, 0) is 12.8 Å². The Hall–Kier alpha value is -1.13. The first-order valence-corrected chi connectivity index (χ1v) is 7.28. The van der Waals surface area contributed by atoms with Crippen LogP contribution in [0.1, 0.15) is 25.7 Å². The molecule has 1 aromatic rings. The number of methoxy groups -OCH3 is 3. The van der Waals surface area contributed by atoms with E-state index in [0.29, 0.717) is 16.5 Å². The Bertz CT molecular complexity index is 453. The third kappa shape index (κ3) is 3.30. The molecule has 2 atom stereocenters. The van der Waals surface area contributed by atoms with E-state index in [-0.39, 0.29) is 12.1 Å². The maximum absolute atomic E-state index is 6.31. The molecule has 1 N–H and O–H groups in total. The summed E-state index contributed by atoms with van der Waals surface area (Å²) in [5.74, 6) is 1.30. The molecule has 0 bridgehead atoms. The molecule has 20 heavy (non-hydrogen) atoms. The van der Waals surface area contributed by atoms with Crippen LogP contribution in [-0.4, -0.2) is 33.5 Å². The molecule has 4 nitrogen and oxygen atoms in total. The third-order valence-corrected chi connectivity index (χ3v) is 4.13. The molecule has 112 valence electrons. The SMILES string of the molecule is COc1cc(Cl)c(NC2CCCCC2OC)cc1OC. The predicted molar refractivity (Wildman–Crippen MR) is 81.2 cm³/mol. The molecule has 1 saturated carbocycles. The summed E-state index contributed by atoms with van der Waals surface area (Å²) in [7, 11) is 4.98. The number of halogens is 1. The minimum atomic E-state index is 0.230. The first-order chi connectivity index (χ1) is 9.69. The van der Waals surface area contributed by atoms with Crippen molar-refractivity contribution in [2.24, 2.45) is 0 Å². The number of ether oxygens (including phenoxy) is 3. The molecule has 1 aliphatic rings. The zero-order chi connectivity index (χ0) is 14.5. The van der Waals surface area contributed by atoms with Gasteiger partial charge in [0.15, 0.2) is 11.5 Å². The van der Waals surface area contributed by atoms with Gasteiger partial charge in [0, 0.05) is 19.2 Å². The Labute approximate surface area is 125 Å². The van der Waals surface area contributed by atoms with Crippen LogP contribution in [-0.2, 0) is 4.74 Å². The summed E-state index contributed by atoms with van der Waals surface area (Å²) in [4.78, 5) is 0. The second-order valence-electron chi connectivity index (χ2n) is 5.00. The molecule has 0 aromatic heterocycles. The Kier molecular flexibility index (Phi) is 5.38. The topological polar surface area (TPSA) is 39.7 Å². The zero-order valence-corrected chi connectivity index (χ0v) is 13.0. The molecule has 1 fully saturated rings. The van der Waals surface area contributed by atoms with Crippen molar-refractivity contribution in [2.75, 3.05) is 26.6 Å². The smallest absolute Gasteiger partial charge is 0.162 e. The lowest BCUT2D eigenvalue weighted by molar-refractivity contribution is 0.0606. The summed E-state index contributed by atoms with van der Waals surface area (Å²) < 4.78 is 16.1. The minimum absolute atomic E-state index is 0.230. The number of rotatable bonds is 5. The van der Waals surface area contributed by atoms with Gasteiger partial charge in [-0.2, -0.15) is 0 Å². The van der Waals surface area contributed by atoms with Crippen molar-refractivity contribution in [3.8, 4) is 11.5 Å². The molecule has 0 heterocycles. The van der Waals surface area contributed by atoms with E-state index in [1.165, 1.54) is 12.8 Å². The lowest BCUT2D eigenvalue weighted by Crippen LogP contribution is -2.37. The quantitative estimate of drug-likeness (QED) is 0.899. The summed E-state index contributed by atoms with van der Waals surface area (Å²) in [6.07, 6.45) is 4.83. The molecule has 0 radical (unpaired) electrons. The number of anilines is 1. The fourth-order valence-corrected chi connectivity index (χ4v) is 2.92. The number of hydrogen-bond donors (Lipinski definition) is 1. The molecule has 1 aromatic carbocycles. The Morgan fingerprint density at radius 3 is 2.35 bits per heavy atom. The van der Waals surface area contributed by atoms with Crippen molar-refractivity contribution >= 4 is 17.3 Å². The largest absolute Gasteiger partial charge is 0.493 e. The highest BCUT2D eigenvalue weighted by Gasteiger charge is 2.25. The number of benzene rings is 1. The first-order valence-electron chi connectivity index (χ1n) is 6.90. The van der Waals surface area contributed by atoms with E-state index in [9.17, 15) is 0 Å². The van der Waals surface area contributed by atoms with E-state index in [2.05, 4.69) is 5.32 Å². The molecule has 0 saturated heterocycles. The van der Waals surface area contributed by atoms with E-state index in [0.717, 1.165) is 18.5 Å². The molecule has 2 rings (SSSR count). The number of hydrogen-bond acceptors (Lipinski definition) is 4. The summed E-state index contributed by atoms with van der Waals surface area (Å²) >= 11 is 6.31. The number of nitrogens with one attached hydrogen (secondary N) is 1. The monoisotopic (exact) mass is 299 g/mol. The van der Waals surface area contributed by atoms with Gasteiger partial charge in [0.25, 0.3) is 0 Å². The molecule has 0 aliphatic heterocycles. The molecule has 0 amide bonds. The van der Waals surface area contributed by atoms with Crippen LogP contribution in [0.3, 0.4) is 0 Å². The lowest BCUT2D eigenvalue weighted by Gasteiger charge is -2.32. The molecule has 0 spiro atoms. The van der Waals surface area contributed by atoms with Crippen LogP contribution in [0.5, 0.6) is 11.5 Å². The molecule has 5 heteroatoms. The van der Waals surface area contributed by atoms with E-state index < -0.39 is 0 Å². The zero-order valence-electron chi connectivity index (χ0n) is 12.2. The van der Waals surface area contributed by atoms with Crippen LogP contribution in [0, 0.1) is 0 Å².